The van der Waals surface area contributed by atoms with Crippen molar-refractivity contribution < 1.29 is 24.3 Å². The summed E-state index contributed by atoms with van der Waals surface area (Å²) in [5.41, 5.74) is 18.2. The van der Waals surface area contributed by atoms with E-state index in [2.05, 4.69) is 25.9 Å². The maximum absolute atomic E-state index is 13.4. The van der Waals surface area contributed by atoms with E-state index in [1.165, 1.54) is 6.92 Å². The van der Waals surface area contributed by atoms with Gasteiger partial charge in [0.15, 0.2) is 5.96 Å². The largest absolute Gasteiger partial charge is 0.480 e. The molecule has 0 aliphatic heterocycles. The van der Waals surface area contributed by atoms with Gasteiger partial charge in [-0.2, -0.15) is 0 Å². The van der Waals surface area contributed by atoms with E-state index in [0.29, 0.717) is 25.8 Å². The van der Waals surface area contributed by atoms with Crippen LogP contribution in [0.2, 0.25) is 0 Å². The highest BCUT2D eigenvalue weighted by atomic mass is 16.4. The summed E-state index contributed by atoms with van der Waals surface area (Å²) in [6.45, 7) is 5.33. The van der Waals surface area contributed by atoms with Crippen LogP contribution in [0.1, 0.15) is 45.6 Å². The van der Waals surface area contributed by atoms with Gasteiger partial charge in [0.05, 0.1) is 6.04 Å². The Kier molecular flexibility index (Phi) is 11.7. The van der Waals surface area contributed by atoms with E-state index in [1.54, 1.807) is 13.1 Å². The Morgan fingerprint density at radius 3 is 2.36 bits per heavy atom. The second-order valence-corrected chi connectivity index (χ2v) is 9.62. The Hall–Kier alpha value is -4.13. The highest BCUT2D eigenvalue weighted by molar-refractivity contribution is 5.95. The number of carboxylic acid groups (broad SMARTS) is 1. The maximum Gasteiger partial charge on any atom is 0.325 e. The molecule has 5 unspecified atom stereocenters. The summed E-state index contributed by atoms with van der Waals surface area (Å²) in [5.74, 6) is -3.29. The predicted molar refractivity (Wildman–Crippen MR) is 148 cm³/mol. The molecule has 1 aromatic heterocycles. The number of para-hydroxylation sites is 1. The minimum atomic E-state index is -1.21. The van der Waals surface area contributed by atoms with Crippen molar-refractivity contribution >= 4 is 40.6 Å². The van der Waals surface area contributed by atoms with Gasteiger partial charge < -0.3 is 43.2 Å². The summed E-state index contributed by atoms with van der Waals surface area (Å²) < 4.78 is 0. The number of fused-ring (bicyclic) bond motifs is 1. The van der Waals surface area contributed by atoms with Gasteiger partial charge in [0.2, 0.25) is 17.7 Å². The van der Waals surface area contributed by atoms with Crippen molar-refractivity contribution in [3.63, 3.8) is 0 Å². The number of aliphatic imine (C=N–C) groups is 1. The van der Waals surface area contributed by atoms with Crippen LogP contribution in [0.3, 0.4) is 0 Å². The number of aliphatic carboxylic acids is 1. The molecule has 2 aromatic rings. The molecule has 5 atom stereocenters. The van der Waals surface area contributed by atoms with Gasteiger partial charge in [-0.15, -0.1) is 0 Å². The van der Waals surface area contributed by atoms with Crippen molar-refractivity contribution in [2.45, 2.75) is 70.6 Å². The van der Waals surface area contributed by atoms with Gasteiger partial charge in [-0.05, 0) is 37.3 Å². The van der Waals surface area contributed by atoms with Gasteiger partial charge in [-0.3, -0.25) is 24.2 Å². The van der Waals surface area contributed by atoms with Gasteiger partial charge in [-0.1, -0.05) is 38.5 Å². The van der Waals surface area contributed by atoms with Crippen LogP contribution in [-0.2, 0) is 25.6 Å². The Balaban J connectivity index is 2.21. The molecule has 0 saturated heterocycles. The third kappa shape index (κ3) is 9.28. The lowest BCUT2D eigenvalue weighted by Crippen LogP contribution is -2.58. The smallest absolute Gasteiger partial charge is 0.325 e. The van der Waals surface area contributed by atoms with Crippen LogP contribution in [0.4, 0.5) is 0 Å². The molecule has 39 heavy (non-hydrogen) atoms. The van der Waals surface area contributed by atoms with Crippen molar-refractivity contribution in [2.24, 2.45) is 28.1 Å². The third-order valence-electron chi connectivity index (χ3n) is 6.56. The number of aromatic amines is 1. The van der Waals surface area contributed by atoms with Crippen LogP contribution in [0.25, 0.3) is 10.9 Å². The first-order chi connectivity index (χ1) is 18.4. The molecular weight excluding hydrogens is 504 g/mol. The molecule has 0 radical (unpaired) electrons. The second kappa shape index (κ2) is 14.7. The fourth-order valence-electron chi connectivity index (χ4n) is 3.98. The number of carbonyl (C=O) groups excluding carboxylic acids is 3. The van der Waals surface area contributed by atoms with Gasteiger partial charge >= 0.3 is 5.97 Å². The summed E-state index contributed by atoms with van der Waals surface area (Å²) >= 11 is 0. The molecule has 0 fully saturated rings. The van der Waals surface area contributed by atoms with E-state index >= 15 is 0 Å². The molecule has 0 spiro atoms. The molecule has 11 N–H and O–H groups in total. The lowest BCUT2D eigenvalue weighted by atomic mass is 9.96. The normalized spacial score (nSPS) is 14.9. The molecule has 0 saturated carbocycles. The zero-order valence-corrected chi connectivity index (χ0v) is 22.6. The van der Waals surface area contributed by atoms with Crippen molar-refractivity contribution in [2.75, 3.05) is 6.54 Å². The van der Waals surface area contributed by atoms with E-state index in [-0.39, 0.29) is 18.3 Å². The minimum absolute atomic E-state index is 0.0505. The van der Waals surface area contributed by atoms with Crippen LogP contribution < -0.4 is 33.2 Å². The molecule has 13 nitrogen and oxygen atoms in total. The van der Waals surface area contributed by atoms with E-state index in [1.807, 2.05) is 31.2 Å². The Morgan fingerprint density at radius 2 is 1.72 bits per heavy atom. The number of carboxylic acids is 1. The number of nitrogens with one attached hydrogen (secondary N) is 4. The Bertz CT molecular complexity index is 1180. The number of nitrogens with zero attached hydrogens (tertiary/aromatic N) is 1. The molecule has 0 bridgehead atoms. The predicted octanol–water partition coefficient (Wildman–Crippen LogP) is -0.304. The highest BCUT2D eigenvalue weighted by Gasteiger charge is 2.32. The Morgan fingerprint density at radius 1 is 1.03 bits per heavy atom. The van der Waals surface area contributed by atoms with Crippen LogP contribution >= 0.6 is 0 Å². The van der Waals surface area contributed by atoms with Gasteiger partial charge in [0.25, 0.3) is 0 Å². The average Bonchev–Trinajstić information content (AvgIpc) is 3.30. The van der Waals surface area contributed by atoms with Crippen LogP contribution in [-0.4, -0.2) is 70.5 Å². The zero-order chi connectivity index (χ0) is 29.1. The van der Waals surface area contributed by atoms with Crippen LogP contribution in [0.5, 0.6) is 0 Å². The van der Waals surface area contributed by atoms with E-state index < -0.39 is 47.9 Å². The molecule has 3 amide bonds. The van der Waals surface area contributed by atoms with E-state index in [4.69, 9.17) is 17.2 Å². The van der Waals surface area contributed by atoms with E-state index in [9.17, 15) is 24.3 Å². The summed E-state index contributed by atoms with van der Waals surface area (Å²) in [6.07, 6.45) is 3.18. The van der Waals surface area contributed by atoms with Gasteiger partial charge in [0.1, 0.15) is 18.1 Å². The first-order valence-corrected chi connectivity index (χ1v) is 12.9. The SMILES string of the molecule is CCC(C)C(NC(=O)C(N)CCCN=C(N)N)C(=O)NC(Cc1c[nH]c2ccccc12)C(=O)NC(C)C(=O)O. The second-order valence-electron chi connectivity index (χ2n) is 9.62. The molecule has 13 heteroatoms. The van der Waals surface area contributed by atoms with Crippen molar-refractivity contribution in [1.29, 1.82) is 0 Å². The third-order valence-corrected chi connectivity index (χ3v) is 6.56. The molecule has 1 aromatic carbocycles. The number of hydrogen-bond donors (Lipinski definition) is 8. The lowest BCUT2D eigenvalue weighted by Gasteiger charge is -2.27. The first-order valence-electron chi connectivity index (χ1n) is 12.9. The number of amides is 3. The van der Waals surface area contributed by atoms with E-state index in [0.717, 1.165) is 16.5 Å². The number of carbonyl (C=O) groups is 4. The molecular formula is C26H40N8O5. The number of aromatic nitrogens is 1. The summed E-state index contributed by atoms with van der Waals surface area (Å²) in [7, 11) is 0. The number of H-pyrrole nitrogens is 1. The maximum atomic E-state index is 13.4. The standard InChI is InChI=1S/C26H40N8O5/c1-4-14(2)21(34-22(35)18(27)9-7-11-30-26(28)29)24(37)33-20(23(36)32-15(3)25(38)39)12-16-13-31-19-10-6-5-8-17(16)19/h5-6,8,10,13-15,18,20-21,31H,4,7,9,11-12,27H2,1-3H3,(H,32,36)(H,33,37)(H,34,35)(H,38,39)(H4,28,29,30). The number of benzene rings is 1. The minimum Gasteiger partial charge on any atom is -0.480 e. The summed E-state index contributed by atoms with van der Waals surface area (Å²) in [6, 6.07) is 3.37. The van der Waals surface area contributed by atoms with Crippen molar-refractivity contribution in [1.82, 2.24) is 20.9 Å². The highest BCUT2D eigenvalue weighted by Crippen LogP contribution is 2.19. The molecule has 0 aliphatic carbocycles. The molecule has 1 heterocycles. The fraction of sp³-hybridized carbons (Fsp3) is 0.500. The molecule has 214 valence electrons. The monoisotopic (exact) mass is 544 g/mol. The number of nitrogens with two attached hydrogens (primary N) is 3. The van der Waals surface area contributed by atoms with Gasteiger partial charge in [-0.25, -0.2) is 0 Å². The number of rotatable bonds is 15. The fourth-order valence-corrected chi connectivity index (χ4v) is 3.98. The van der Waals surface area contributed by atoms with Crippen molar-refractivity contribution in [3.8, 4) is 0 Å². The lowest BCUT2D eigenvalue weighted by molar-refractivity contribution is -0.141. The molecule has 2 rings (SSSR count). The first kappa shape index (κ1) is 31.1. The average molecular weight is 545 g/mol. The quantitative estimate of drug-likeness (QED) is 0.0840. The Labute approximate surface area is 227 Å². The number of hydrogen-bond acceptors (Lipinski definition) is 6. The van der Waals surface area contributed by atoms with Crippen LogP contribution in [0.15, 0.2) is 35.5 Å². The number of guanidine groups is 1. The van der Waals surface area contributed by atoms with Crippen LogP contribution in [0, 0.1) is 5.92 Å². The summed E-state index contributed by atoms with van der Waals surface area (Å²) in [4.78, 5) is 57.7. The van der Waals surface area contributed by atoms with Crippen molar-refractivity contribution in [3.05, 3.63) is 36.0 Å². The zero-order valence-electron chi connectivity index (χ0n) is 22.6. The summed E-state index contributed by atoms with van der Waals surface area (Å²) in [5, 5.41) is 18.0. The topological polar surface area (TPSA) is 231 Å². The van der Waals surface area contributed by atoms with Gasteiger partial charge in [0, 0.05) is 30.1 Å². The molecule has 0 aliphatic rings.